The highest BCUT2D eigenvalue weighted by Gasteiger charge is 1.96. The van der Waals surface area contributed by atoms with Crippen LogP contribution in [0, 0.1) is 6.07 Å². The van der Waals surface area contributed by atoms with Crippen LogP contribution in [0.2, 0.25) is 0 Å². The second kappa shape index (κ2) is 3.22. The highest BCUT2D eigenvalue weighted by Crippen LogP contribution is 2.14. The largest absolute Gasteiger partial charge is 0.508 e. The van der Waals surface area contributed by atoms with Crippen LogP contribution in [-0.4, -0.2) is 16.8 Å². The minimum atomic E-state index is 0.0670. The molecule has 0 aromatic heterocycles. The number of aromatic hydroxyl groups is 1. The van der Waals surface area contributed by atoms with Crippen LogP contribution in [0.25, 0.3) is 0 Å². The van der Waals surface area contributed by atoms with Gasteiger partial charge in [-0.15, -0.1) is 0 Å². The van der Waals surface area contributed by atoms with Gasteiger partial charge in [0.2, 0.25) is 0 Å². The van der Waals surface area contributed by atoms with Crippen molar-refractivity contribution in [1.29, 1.82) is 0 Å². The molecule has 2 nitrogen and oxygen atoms in total. The van der Waals surface area contributed by atoms with Gasteiger partial charge in [-0.25, -0.2) is 0 Å². The molecule has 53 valence electrons. The van der Waals surface area contributed by atoms with Gasteiger partial charge < -0.3 is 10.2 Å². The van der Waals surface area contributed by atoms with Crippen molar-refractivity contribution in [3.8, 4) is 5.75 Å². The molecule has 0 aliphatic carbocycles. The van der Waals surface area contributed by atoms with Gasteiger partial charge in [0.15, 0.2) is 0 Å². The lowest BCUT2D eigenvalue weighted by atomic mass is 10.1. The van der Waals surface area contributed by atoms with Gasteiger partial charge in [-0.2, -0.15) is 0 Å². The van der Waals surface area contributed by atoms with E-state index in [9.17, 15) is 0 Å². The molecule has 0 spiro atoms. The lowest BCUT2D eigenvalue weighted by Gasteiger charge is -1.99. The number of aliphatic hydroxyl groups excluding tert-OH is 1. The van der Waals surface area contributed by atoms with Crippen molar-refractivity contribution in [2.24, 2.45) is 0 Å². The van der Waals surface area contributed by atoms with Crippen molar-refractivity contribution < 1.29 is 10.2 Å². The van der Waals surface area contributed by atoms with E-state index in [-0.39, 0.29) is 12.4 Å². The van der Waals surface area contributed by atoms with Crippen molar-refractivity contribution in [3.63, 3.8) is 0 Å². The predicted molar refractivity (Wildman–Crippen MR) is 37.7 cm³/mol. The van der Waals surface area contributed by atoms with Gasteiger partial charge >= 0.3 is 0 Å². The molecule has 1 rings (SSSR count). The SMILES string of the molecule is OCCc1cc[c]cc1O. The highest BCUT2D eigenvalue weighted by molar-refractivity contribution is 5.31. The van der Waals surface area contributed by atoms with Gasteiger partial charge in [0.1, 0.15) is 5.75 Å². The van der Waals surface area contributed by atoms with E-state index in [0.29, 0.717) is 6.42 Å². The van der Waals surface area contributed by atoms with Crippen LogP contribution in [0.15, 0.2) is 18.2 Å². The quantitative estimate of drug-likeness (QED) is 0.630. The number of benzene rings is 1. The third-order valence-electron chi connectivity index (χ3n) is 1.31. The predicted octanol–water partition coefficient (Wildman–Crippen LogP) is 0.727. The van der Waals surface area contributed by atoms with Crippen molar-refractivity contribution in [1.82, 2.24) is 0 Å². The second-order valence-corrected chi connectivity index (χ2v) is 2.03. The van der Waals surface area contributed by atoms with Gasteiger partial charge in [0.05, 0.1) is 0 Å². The molecular weight excluding hydrogens is 128 g/mol. The maximum absolute atomic E-state index is 9.10. The van der Waals surface area contributed by atoms with Crippen LogP contribution in [0.1, 0.15) is 5.56 Å². The zero-order valence-electron chi connectivity index (χ0n) is 5.54. The zero-order chi connectivity index (χ0) is 7.40. The van der Waals surface area contributed by atoms with Gasteiger partial charge in [0.25, 0.3) is 0 Å². The maximum Gasteiger partial charge on any atom is 0.119 e. The summed E-state index contributed by atoms with van der Waals surface area (Å²) >= 11 is 0. The van der Waals surface area contributed by atoms with Crippen molar-refractivity contribution in [2.45, 2.75) is 6.42 Å². The Hall–Kier alpha value is -1.02. The summed E-state index contributed by atoms with van der Waals surface area (Å²) in [5.74, 6) is 0.205. The molecule has 0 aliphatic heterocycles. The van der Waals surface area contributed by atoms with E-state index in [1.54, 1.807) is 12.1 Å². The molecule has 0 saturated carbocycles. The normalized spacial score (nSPS) is 9.70. The highest BCUT2D eigenvalue weighted by atomic mass is 16.3. The Morgan fingerprint density at radius 3 is 2.90 bits per heavy atom. The topological polar surface area (TPSA) is 40.5 Å². The third-order valence-corrected chi connectivity index (χ3v) is 1.31. The zero-order valence-corrected chi connectivity index (χ0v) is 5.54. The standard InChI is InChI=1S/C8H9O2/c9-6-5-7-3-1-2-4-8(7)10/h1,3-4,9-10H,5-6H2. The van der Waals surface area contributed by atoms with E-state index in [1.807, 2.05) is 0 Å². The van der Waals surface area contributed by atoms with E-state index in [0.717, 1.165) is 5.56 Å². The fourth-order valence-corrected chi connectivity index (χ4v) is 0.786. The first-order valence-corrected chi connectivity index (χ1v) is 3.13. The smallest absolute Gasteiger partial charge is 0.119 e. The summed E-state index contributed by atoms with van der Waals surface area (Å²) in [6.45, 7) is 0.0670. The molecule has 0 aliphatic rings. The maximum atomic E-state index is 9.10. The molecule has 2 heteroatoms. The minimum absolute atomic E-state index is 0.0670. The van der Waals surface area contributed by atoms with Crippen LogP contribution >= 0.6 is 0 Å². The molecule has 0 amide bonds. The Kier molecular flexibility index (Phi) is 2.29. The van der Waals surface area contributed by atoms with Crippen molar-refractivity contribution in [3.05, 3.63) is 29.8 Å². The van der Waals surface area contributed by atoms with E-state index in [4.69, 9.17) is 10.2 Å². The number of rotatable bonds is 2. The fraction of sp³-hybridized carbons (Fsp3) is 0.250. The number of aliphatic hydroxyl groups is 1. The molecule has 2 N–H and O–H groups in total. The van der Waals surface area contributed by atoms with Crippen LogP contribution in [0.3, 0.4) is 0 Å². The van der Waals surface area contributed by atoms with Gasteiger partial charge in [-0.05, 0) is 24.1 Å². The summed E-state index contributed by atoms with van der Waals surface area (Å²) in [4.78, 5) is 0. The van der Waals surface area contributed by atoms with Gasteiger partial charge in [-0.3, -0.25) is 0 Å². The molecule has 1 aromatic rings. The van der Waals surface area contributed by atoms with Crippen molar-refractivity contribution >= 4 is 0 Å². The third kappa shape index (κ3) is 1.48. The Morgan fingerprint density at radius 2 is 2.30 bits per heavy atom. The first-order chi connectivity index (χ1) is 4.84. The van der Waals surface area contributed by atoms with Crippen LogP contribution < -0.4 is 0 Å². The number of phenolic OH excluding ortho intramolecular Hbond substituents is 1. The van der Waals surface area contributed by atoms with Crippen LogP contribution in [0.5, 0.6) is 5.75 Å². The summed E-state index contributed by atoms with van der Waals surface area (Å²) in [6, 6.07) is 7.67. The number of hydrogen-bond acceptors (Lipinski definition) is 2. The van der Waals surface area contributed by atoms with Crippen LogP contribution in [-0.2, 0) is 6.42 Å². The summed E-state index contributed by atoms with van der Waals surface area (Å²) in [6.07, 6.45) is 0.501. The molecular formula is C8H9O2. The Labute approximate surface area is 59.7 Å². The van der Waals surface area contributed by atoms with Crippen LogP contribution in [0.4, 0.5) is 0 Å². The van der Waals surface area contributed by atoms with Gasteiger partial charge in [-0.1, -0.05) is 12.1 Å². The number of phenols is 1. The Balaban J connectivity index is 2.81. The van der Waals surface area contributed by atoms with E-state index in [1.165, 1.54) is 6.07 Å². The molecule has 0 fully saturated rings. The van der Waals surface area contributed by atoms with E-state index >= 15 is 0 Å². The van der Waals surface area contributed by atoms with E-state index < -0.39 is 0 Å². The average molecular weight is 137 g/mol. The van der Waals surface area contributed by atoms with E-state index in [2.05, 4.69) is 6.07 Å². The molecule has 0 saturated heterocycles. The summed E-state index contributed by atoms with van der Waals surface area (Å²) < 4.78 is 0. The first kappa shape index (κ1) is 7.09. The fourth-order valence-electron chi connectivity index (χ4n) is 0.786. The summed E-state index contributed by atoms with van der Waals surface area (Å²) in [5.41, 5.74) is 0.765. The molecule has 1 aromatic carbocycles. The molecule has 0 bridgehead atoms. The lowest BCUT2D eigenvalue weighted by molar-refractivity contribution is 0.297. The molecule has 1 radical (unpaired) electrons. The summed E-state index contributed by atoms with van der Waals surface area (Å²) in [7, 11) is 0. The second-order valence-electron chi connectivity index (χ2n) is 2.03. The first-order valence-electron chi connectivity index (χ1n) is 3.13. The minimum Gasteiger partial charge on any atom is -0.508 e. The monoisotopic (exact) mass is 137 g/mol. The lowest BCUT2D eigenvalue weighted by Crippen LogP contribution is -1.89. The molecule has 0 atom stereocenters. The van der Waals surface area contributed by atoms with Gasteiger partial charge in [0, 0.05) is 6.61 Å². The van der Waals surface area contributed by atoms with Crippen molar-refractivity contribution in [2.75, 3.05) is 6.61 Å². The average Bonchev–Trinajstić information content (AvgIpc) is 1.94. The molecule has 10 heavy (non-hydrogen) atoms. The molecule has 0 heterocycles. The molecule has 0 unspecified atom stereocenters. The Morgan fingerprint density at radius 1 is 1.50 bits per heavy atom. The number of hydrogen-bond donors (Lipinski definition) is 2. The summed E-state index contributed by atoms with van der Waals surface area (Å²) in [5, 5.41) is 17.6. The Bertz CT molecular complexity index is 208.